The Balaban J connectivity index is 2.46. The number of aromatic amines is 1. The first kappa shape index (κ1) is 11.4. The van der Waals surface area contributed by atoms with Gasteiger partial charge in [0.15, 0.2) is 0 Å². The Morgan fingerprint density at radius 3 is 3.06 bits per heavy atom. The van der Waals surface area contributed by atoms with Gasteiger partial charge in [0.05, 0.1) is 23.7 Å². The van der Waals surface area contributed by atoms with E-state index < -0.39 is 0 Å². The number of aromatic nitrogens is 3. The molecule has 90 valence electrons. The number of nitrogens with zero attached hydrogens (tertiary/aromatic N) is 2. The zero-order chi connectivity index (χ0) is 12.4. The van der Waals surface area contributed by atoms with Crippen molar-refractivity contribution in [2.24, 2.45) is 0 Å². The minimum absolute atomic E-state index is 0.0866. The number of esters is 1. The number of rotatable bonds is 3. The molecule has 6 nitrogen and oxygen atoms in total. The van der Waals surface area contributed by atoms with Gasteiger partial charge in [0.2, 0.25) is 0 Å². The van der Waals surface area contributed by atoms with Gasteiger partial charge in [-0.25, -0.2) is 5.10 Å². The number of fused-ring (bicyclic) bond motifs is 1. The van der Waals surface area contributed by atoms with Crippen molar-refractivity contribution in [3.63, 3.8) is 0 Å². The van der Waals surface area contributed by atoms with E-state index in [4.69, 9.17) is 4.74 Å². The Kier molecular flexibility index (Phi) is 2.95. The Hall–Kier alpha value is -2.11. The van der Waals surface area contributed by atoms with Gasteiger partial charge in [-0.1, -0.05) is 0 Å². The zero-order valence-electron chi connectivity index (χ0n) is 9.69. The van der Waals surface area contributed by atoms with Crippen LogP contribution in [0.1, 0.15) is 12.5 Å². The topological polar surface area (TPSA) is 77.0 Å². The molecule has 2 rings (SSSR count). The number of hydrogen-bond donors (Lipinski definition) is 1. The number of nitrogens with one attached hydrogen (secondary N) is 1. The van der Waals surface area contributed by atoms with E-state index in [1.807, 2.05) is 6.92 Å². The van der Waals surface area contributed by atoms with Crippen LogP contribution in [0.25, 0.3) is 10.9 Å². The number of carbonyl (C=O) groups excluding carboxylic acids is 1. The molecule has 0 aliphatic heterocycles. The van der Waals surface area contributed by atoms with Crippen molar-refractivity contribution in [2.45, 2.75) is 20.4 Å². The van der Waals surface area contributed by atoms with Gasteiger partial charge in [0.1, 0.15) is 6.54 Å². The fourth-order valence-corrected chi connectivity index (χ4v) is 1.83. The summed E-state index contributed by atoms with van der Waals surface area (Å²) >= 11 is 0. The van der Waals surface area contributed by atoms with Crippen molar-refractivity contribution in [1.29, 1.82) is 0 Å². The van der Waals surface area contributed by atoms with E-state index in [-0.39, 0.29) is 18.1 Å². The van der Waals surface area contributed by atoms with Crippen LogP contribution >= 0.6 is 0 Å². The molecule has 0 radical (unpaired) electrons. The van der Waals surface area contributed by atoms with Gasteiger partial charge < -0.3 is 9.30 Å². The highest BCUT2D eigenvalue weighted by Gasteiger charge is 2.11. The number of aryl methyl sites for hydroxylation is 1. The maximum absolute atomic E-state index is 11.6. The van der Waals surface area contributed by atoms with Crippen LogP contribution in [0.2, 0.25) is 0 Å². The molecular formula is C11H13N3O3. The van der Waals surface area contributed by atoms with E-state index in [9.17, 15) is 9.59 Å². The van der Waals surface area contributed by atoms with Crippen LogP contribution in [0, 0.1) is 6.92 Å². The summed E-state index contributed by atoms with van der Waals surface area (Å²) in [6, 6.07) is 0. The molecule has 0 saturated carbocycles. The summed E-state index contributed by atoms with van der Waals surface area (Å²) in [7, 11) is 0. The summed E-state index contributed by atoms with van der Waals surface area (Å²) in [6.45, 7) is 4.00. The number of ether oxygens (including phenoxy) is 1. The van der Waals surface area contributed by atoms with Crippen LogP contribution in [-0.2, 0) is 16.1 Å². The van der Waals surface area contributed by atoms with Gasteiger partial charge in [-0.15, -0.1) is 0 Å². The van der Waals surface area contributed by atoms with Gasteiger partial charge in [0.25, 0.3) is 5.56 Å². The van der Waals surface area contributed by atoms with Crippen LogP contribution in [0.15, 0.2) is 17.2 Å². The van der Waals surface area contributed by atoms with E-state index >= 15 is 0 Å². The second-order valence-electron chi connectivity index (χ2n) is 3.70. The molecule has 2 heterocycles. The Morgan fingerprint density at radius 2 is 2.35 bits per heavy atom. The molecule has 0 saturated heterocycles. The predicted molar refractivity (Wildman–Crippen MR) is 61.7 cm³/mol. The summed E-state index contributed by atoms with van der Waals surface area (Å²) in [5.41, 5.74) is 1.20. The molecule has 0 spiro atoms. The highest BCUT2D eigenvalue weighted by Crippen LogP contribution is 2.15. The average molecular weight is 235 g/mol. The first-order valence-electron chi connectivity index (χ1n) is 5.32. The second-order valence-corrected chi connectivity index (χ2v) is 3.70. The first-order chi connectivity index (χ1) is 8.13. The van der Waals surface area contributed by atoms with Gasteiger partial charge in [-0.2, -0.15) is 5.10 Å². The minimum atomic E-state index is -0.329. The molecule has 0 fully saturated rings. The van der Waals surface area contributed by atoms with Crippen LogP contribution in [0.3, 0.4) is 0 Å². The lowest BCUT2D eigenvalue weighted by molar-refractivity contribution is -0.143. The lowest BCUT2D eigenvalue weighted by Gasteiger charge is -2.04. The fraction of sp³-hybridized carbons (Fsp3) is 0.364. The largest absolute Gasteiger partial charge is 0.465 e. The summed E-state index contributed by atoms with van der Waals surface area (Å²) in [6.07, 6.45) is 3.28. The molecule has 0 aliphatic carbocycles. The number of carbonyl (C=O) groups is 1. The van der Waals surface area contributed by atoms with E-state index in [1.165, 1.54) is 6.20 Å². The smallest absolute Gasteiger partial charge is 0.325 e. The third-order valence-corrected chi connectivity index (χ3v) is 2.49. The number of H-pyrrole nitrogens is 1. The van der Waals surface area contributed by atoms with E-state index in [1.54, 1.807) is 17.7 Å². The Bertz CT molecular complexity index is 612. The molecule has 1 N–H and O–H groups in total. The average Bonchev–Trinajstić information content (AvgIpc) is 2.57. The molecule has 0 aliphatic rings. The quantitative estimate of drug-likeness (QED) is 0.790. The van der Waals surface area contributed by atoms with Gasteiger partial charge in [-0.3, -0.25) is 9.59 Å². The molecule has 0 aromatic carbocycles. The summed E-state index contributed by atoms with van der Waals surface area (Å²) < 4.78 is 6.54. The molecule has 17 heavy (non-hydrogen) atoms. The van der Waals surface area contributed by atoms with Crippen LogP contribution in [0.5, 0.6) is 0 Å². The van der Waals surface area contributed by atoms with Crippen LogP contribution < -0.4 is 5.56 Å². The van der Waals surface area contributed by atoms with Gasteiger partial charge in [0, 0.05) is 6.20 Å². The van der Waals surface area contributed by atoms with Crippen molar-refractivity contribution in [1.82, 2.24) is 14.8 Å². The van der Waals surface area contributed by atoms with Crippen molar-refractivity contribution in [3.05, 3.63) is 28.3 Å². The molecular weight excluding hydrogens is 222 g/mol. The van der Waals surface area contributed by atoms with Gasteiger partial charge >= 0.3 is 5.97 Å². The molecule has 2 aromatic rings. The monoisotopic (exact) mass is 235 g/mol. The summed E-state index contributed by atoms with van der Waals surface area (Å²) in [4.78, 5) is 23.0. The molecule has 0 amide bonds. The fourth-order valence-electron chi connectivity index (χ4n) is 1.83. The lowest BCUT2D eigenvalue weighted by atomic mass is 10.2. The second kappa shape index (κ2) is 4.40. The maximum Gasteiger partial charge on any atom is 0.325 e. The SMILES string of the molecule is CCOC(=O)Cn1cc(C)c2c(=O)[nH]ncc21. The van der Waals surface area contributed by atoms with E-state index in [2.05, 4.69) is 10.2 Å². The normalized spacial score (nSPS) is 10.7. The van der Waals surface area contributed by atoms with Crippen LogP contribution in [-0.4, -0.2) is 27.3 Å². The van der Waals surface area contributed by atoms with Crippen molar-refractivity contribution < 1.29 is 9.53 Å². The maximum atomic E-state index is 11.6. The van der Waals surface area contributed by atoms with E-state index in [0.29, 0.717) is 17.5 Å². The minimum Gasteiger partial charge on any atom is -0.465 e. The molecule has 6 heteroatoms. The standard InChI is InChI=1S/C11H13N3O3/c1-3-17-9(15)6-14-5-7(2)10-8(14)4-12-13-11(10)16/h4-5H,3,6H2,1-2H3,(H,13,16). The van der Waals surface area contributed by atoms with Crippen molar-refractivity contribution >= 4 is 16.9 Å². The van der Waals surface area contributed by atoms with Gasteiger partial charge in [-0.05, 0) is 19.4 Å². The highest BCUT2D eigenvalue weighted by atomic mass is 16.5. The molecule has 0 unspecified atom stereocenters. The zero-order valence-corrected chi connectivity index (χ0v) is 9.69. The first-order valence-corrected chi connectivity index (χ1v) is 5.32. The Morgan fingerprint density at radius 1 is 1.59 bits per heavy atom. The summed E-state index contributed by atoms with van der Waals surface area (Å²) in [5, 5.41) is 6.66. The number of hydrogen-bond acceptors (Lipinski definition) is 4. The molecule has 2 aromatic heterocycles. The van der Waals surface area contributed by atoms with E-state index in [0.717, 1.165) is 5.56 Å². The third-order valence-electron chi connectivity index (χ3n) is 2.49. The van der Waals surface area contributed by atoms with Crippen LogP contribution in [0.4, 0.5) is 0 Å². The van der Waals surface area contributed by atoms with Crippen molar-refractivity contribution in [3.8, 4) is 0 Å². The predicted octanol–water partition coefficient (Wildman–Crippen LogP) is 0.596. The molecule has 0 atom stereocenters. The summed E-state index contributed by atoms with van der Waals surface area (Å²) in [5.74, 6) is -0.329. The molecule has 0 bridgehead atoms. The lowest BCUT2D eigenvalue weighted by Crippen LogP contribution is -2.13. The third kappa shape index (κ3) is 2.06. The van der Waals surface area contributed by atoms with Crippen molar-refractivity contribution in [2.75, 3.05) is 6.61 Å². The Labute approximate surface area is 97.2 Å². The highest BCUT2D eigenvalue weighted by molar-refractivity contribution is 5.83.